The van der Waals surface area contributed by atoms with Crippen molar-refractivity contribution in [2.45, 2.75) is 0 Å². The van der Waals surface area contributed by atoms with Gasteiger partial charge >= 0.3 is 17.1 Å². The third-order valence-corrected chi connectivity index (χ3v) is 1.43. The zero-order valence-electron chi connectivity index (χ0n) is 6.74. The number of hydrogen-bond acceptors (Lipinski definition) is 0. The van der Waals surface area contributed by atoms with Crippen LogP contribution in [0.5, 0.6) is 0 Å². The van der Waals surface area contributed by atoms with Gasteiger partial charge in [0.05, 0.1) is 0 Å². The van der Waals surface area contributed by atoms with Crippen LogP contribution in [0.4, 0.5) is 0 Å². The Hall–Kier alpha value is 0.00299. The molecule has 3 heteroatoms. The summed E-state index contributed by atoms with van der Waals surface area (Å²) in [7, 11) is 0. The Morgan fingerprint density at radius 1 is 0.923 bits per heavy atom. The first-order valence-corrected chi connectivity index (χ1v) is 3.81. The van der Waals surface area contributed by atoms with Crippen LogP contribution in [0.1, 0.15) is 0 Å². The molecule has 0 aromatic heterocycles. The summed E-state index contributed by atoms with van der Waals surface area (Å²) in [4.78, 5) is 0. The van der Waals surface area contributed by atoms with Crippen molar-refractivity contribution in [3.05, 3.63) is 59.6 Å². The minimum Gasteiger partial charge on any atom is -0.214 e. The fourth-order valence-electron chi connectivity index (χ4n) is 0.671. The van der Waals surface area contributed by atoms with E-state index in [1.165, 1.54) is 0 Å². The largest absolute Gasteiger partial charge is 2.00 e. The maximum Gasteiger partial charge on any atom is 2.00 e. The summed E-state index contributed by atoms with van der Waals surface area (Å²) in [6, 6.07) is 17.5. The van der Waals surface area contributed by atoms with Gasteiger partial charge in [-0.05, 0) is 0 Å². The first kappa shape index (κ1) is 15.5. The molecule has 74 valence electrons. The van der Waals surface area contributed by atoms with Crippen molar-refractivity contribution in [1.82, 2.24) is 0 Å². The van der Waals surface area contributed by atoms with Crippen LogP contribution in [0.3, 0.4) is 0 Å². The van der Waals surface area contributed by atoms with Crippen molar-refractivity contribution < 1.29 is 33.6 Å². The van der Waals surface area contributed by atoms with E-state index in [9.17, 15) is 0 Å². The van der Waals surface area contributed by atoms with Gasteiger partial charge in [-0.3, -0.25) is 0 Å². The molecule has 0 fully saturated rings. The van der Waals surface area contributed by atoms with Crippen molar-refractivity contribution in [1.29, 1.82) is 0 Å². The van der Waals surface area contributed by atoms with Gasteiger partial charge in [0.15, 0.2) is 0 Å². The Morgan fingerprint density at radius 2 is 1.38 bits per heavy atom. The van der Waals surface area contributed by atoms with Gasteiger partial charge in [0.1, 0.15) is 0 Å². The van der Waals surface area contributed by atoms with E-state index in [0.717, 1.165) is 5.02 Å². The van der Waals surface area contributed by atoms with Gasteiger partial charge in [-0.1, -0.05) is 5.02 Å². The molecule has 0 radical (unpaired) electrons. The summed E-state index contributed by atoms with van der Waals surface area (Å²) in [5.74, 6) is 0. The molecule has 0 spiro atoms. The molecule has 0 heterocycles. The molecule has 0 bridgehead atoms. The van der Waals surface area contributed by atoms with E-state index in [1.54, 1.807) is 0 Å². The molecule has 0 atom stereocenters. The molecule has 0 amide bonds. The first-order valence-electron chi connectivity index (χ1n) is 3.43. The standard InChI is InChI=1S/C5H4Cl.C5H5.Fe.Ni/c6-5-3-1-2-4-5;1-2-4-5-3-1;;/h1-4H;1-5H;;/q2*-1;+2;. The fraction of sp³-hybridized carbons (Fsp3) is 0. The molecular weight excluding hydrogens is 270 g/mol. The zero-order valence-corrected chi connectivity index (χ0v) is 9.59. The second kappa shape index (κ2) is 10.1. The molecule has 0 aliphatic heterocycles. The van der Waals surface area contributed by atoms with Crippen molar-refractivity contribution in [2.24, 2.45) is 0 Å². The number of halogens is 1. The van der Waals surface area contributed by atoms with Crippen molar-refractivity contribution in [2.75, 3.05) is 0 Å². The molecule has 0 aliphatic carbocycles. The van der Waals surface area contributed by atoms with Crippen LogP contribution in [0.2, 0.25) is 5.02 Å². The normalized spacial score (nSPS) is 7.15. The van der Waals surface area contributed by atoms with E-state index in [0.29, 0.717) is 0 Å². The Kier molecular flexibility index (Phi) is 12.0. The maximum atomic E-state index is 5.46. The topological polar surface area (TPSA) is 0 Å². The molecule has 0 unspecified atom stereocenters. The minimum absolute atomic E-state index is 0. The van der Waals surface area contributed by atoms with E-state index >= 15 is 0 Å². The number of hydrogen-bond donors (Lipinski definition) is 0. The zero-order chi connectivity index (χ0) is 7.94. The summed E-state index contributed by atoms with van der Waals surface area (Å²) in [5, 5.41) is 0.815. The monoisotopic (exact) mass is 278 g/mol. The van der Waals surface area contributed by atoms with Gasteiger partial charge in [0.25, 0.3) is 0 Å². The van der Waals surface area contributed by atoms with Crippen molar-refractivity contribution >= 4 is 11.6 Å². The van der Waals surface area contributed by atoms with Crippen LogP contribution in [0, 0.1) is 0 Å². The summed E-state index contributed by atoms with van der Waals surface area (Å²) < 4.78 is 0. The van der Waals surface area contributed by atoms with Crippen LogP contribution in [0.25, 0.3) is 0 Å². The van der Waals surface area contributed by atoms with Gasteiger partial charge in [0, 0.05) is 16.5 Å². The van der Waals surface area contributed by atoms with Gasteiger partial charge < -0.3 is 0 Å². The van der Waals surface area contributed by atoms with E-state index in [1.807, 2.05) is 54.6 Å². The van der Waals surface area contributed by atoms with Crippen molar-refractivity contribution in [3.8, 4) is 0 Å². The minimum atomic E-state index is 0. The molecule has 0 nitrogen and oxygen atoms in total. The Labute approximate surface area is 104 Å². The van der Waals surface area contributed by atoms with Crippen LogP contribution in [-0.4, -0.2) is 0 Å². The molecule has 0 saturated heterocycles. The summed E-state index contributed by atoms with van der Waals surface area (Å²) in [6.45, 7) is 0. The SMILES string of the molecule is Cl[c-]1cccc1.[Fe+2].[Ni].c1cc[cH-]c1. The van der Waals surface area contributed by atoms with Gasteiger partial charge in [-0.2, -0.15) is 41.9 Å². The Morgan fingerprint density at radius 3 is 1.54 bits per heavy atom. The third kappa shape index (κ3) is 8.34. The Bertz CT molecular complexity index is 233. The maximum absolute atomic E-state index is 5.46. The summed E-state index contributed by atoms with van der Waals surface area (Å²) >= 11 is 5.46. The predicted octanol–water partition coefficient (Wildman–Crippen LogP) is 3.46. The predicted molar refractivity (Wildman–Crippen MR) is 49.1 cm³/mol. The first-order chi connectivity index (χ1) is 5.39. The van der Waals surface area contributed by atoms with Crippen LogP contribution in [0.15, 0.2) is 54.6 Å². The molecule has 13 heavy (non-hydrogen) atoms. The fourth-order valence-corrected chi connectivity index (χ4v) is 0.817. The second-order valence-corrected chi connectivity index (χ2v) is 2.50. The molecule has 2 aromatic carbocycles. The van der Waals surface area contributed by atoms with E-state index in [-0.39, 0.29) is 33.6 Å². The average Bonchev–Trinajstić information content (AvgIpc) is 2.57. The quantitative estimate of drug-likeness (QED) is 0.512. The van der Waals surface area contributed by atoms with Crippen molar-refractivity contribution in [3.63, 3.8) is 0 Å². The molecule has 2 rings (SSSR count). The van der Waals surface area contributed by atoms with Gasteiger partial charge in [-0.25, -0.2) is 24.3 Å². The van der Waals surface area contributed by atoms with Gasteiger partial charge in [0.2, 0.25) is 0 Å². The average molecular weight is 279 g/mol. The van der Waals surface area contributed by atoms with E-state index in [2.05, 4.69) is 0 Å². The molecular formula is C10H9ClFeNi. The molecule has 0 saturated carbocycles. The van der Waals surface area contributed by atoms with Crippen LogP contribution in [-0.2, 0) is 33.6 Å². The summed E-state index contributed by atoms with van der Waals surface area (Å²) in [5.41, 5.74) is 0. The third-order valence-electron chi connectivity index (χ3n) is 1.18. The Balaban J connectivity index is 0. The molecule has 2 aromatic rings. The van der Waals surface area contributed by atoms with Gasteiger partial charge in [-0.15, -0.1) is 0 Å². The molecule has 0 N–H and O–H groups in total. The van der Waals surface area contributed by atoms with Crippen LogP contribution >= 0.6 is 11.6 Å². The molecule has 0 aliphatic rings. The van der Waals surface area contributed by atoms with E-state index in [4.69, 9.17) is 11.6 Å². The van der Waals surface area contributed by atoms with E-state index < -0.39 is 0 Å². The number of rotatable bonds is 0. The summed E-state index contributed by atoms with van der Waals surface area (Å²) in [6.07, 6.45) is 0. The van der Waals surface area contributed by atoms with Crippen LogP contribution < -0.4 is 0 Å². The second-order valence-electron chi connectivity index (χ2n) is 2.07. The smallest absolute Gasteiger partial charge is 0.214 e.